The fourth-order valence-corrected chi connectivity index (χ4v) is 24.2. The second-order valence-electron chi connectivity index (χ2n) is 40.1. The van der Waals surface area contributed by atoms with E-state index in [1.807, 2.05) is 54.5 Å². The molecule has 2 amide bonds. The number of furan rings is 1. The van der Waals surface area contributed by atoms with Gasteiger partial charge in [-0.05, 0) is 157 Å². The number of allylic oxidation sites excluding steroid dienone is 1. The number of thiazole rings is 5. The van der Waals surface area contributed by atoms with Gasteiger partial charge in [-0.3, -0.25) is 39.4 Å². The molecule has 33 nitrogen and oxygen atoms in total. The number of halogens is 3. The minimum atomic E-state index is -0.620. The minimum absolute atomic E-state index is 0. The number of non-ortho nitro benzene ring substituents is 2. The van der Waals surface area contributed by atoms with E-state index in [9.17, 15) is 39.4 Å². The molecule has 18 rings (SSSR count). The number of nitrogen functional groups attached to an aromatic ring is 1. The van der Waals surface area contributed by atoms with E-state index in [-0.39, 0.29) is 75.3 Å². The molecule has 0 bridgehead atoms. The van der Waals surface area contributed by atoms with Crippen molar-refractivity contribution >= 4 is 215 Å². The van der Waals surface area contributed by atoms with Crippen LogP contribution in [0.5, 0.6) is 0 Å². The molecule has 3 aliphatic heterocycles. The number of oxazole rings is 4. The molecule has 3 atom stereocenters. The summed E-state index contributed by atoms with van der Waals surface area (Å²) in [5.74, 6) is 12.3. The lowest BCUT2D eigenvalue weighted by Gasteiger charge is -2.17. The molecule has 3 aromatic carbocycles. The molecule has 46 heteroatoms. The number of aromatic nitrogens is 9. The number of likely N-dealkylation sites (tertiary alicyclic amines) is 2. The molecular formula is C103H133BrCl2N20O13S10. The molecule has 804 valence electrons. The Hall–Kier alpha value is -9.52. The molecule has 5 aliphatic rings. The molecule has 9 N–H and O–H groups in total. The quantitative estimate of drug-likeness (QED) is 0.00572. The van der Waals surface area contributed by atoms with Gasteiger partial charge in [0.2, 0.25) is 28.8 Å². The number of benzene rings is 3. The summed E-state index contributed by atoms with van der Waals surface area (Å²) < 4.78 is 35.8. The van der Waals surface area contributed by atoms with Crippen LogP contribution in [0.25, 0.3) is 0 Å². The normalized spacial score (nSPS) is 15.6. The lowest BCUT2D eigenvalue weighted by Crippen LogP contribution is -2.31. The van der Waals surface area contributed by atoms with Crippen LogP contribution < -0.4 is 38.1 Å². The zero-order valence-electron chi connectivity index (χ0n) is 85.5. The van der Waals surface area contributed by atoms with E-state index in [4.69, 9.17) is 56.8 Å². The summed E-state index contributed by atoms with van der Waals surface area (Å²) in [7, 11) is 0. The van der Waals surface area contributed by atoms with E-state index in [0.29, 0.717) is 72.0 Å². The topological polar surface area (TPSA) is 455 Å². The smallest absolute Gasteiger partial charge is 0.269 e. The largest absolute Gasteiger partial charge is 0.465 e. The lowest BCUT2D eigenvalue weighted by molar-refractivity contribution is -0.385. The van der Waals surface area contributed by atoms with Gasteiger partial charge in [0.15, 0.2) is 24.4 Å². The summed E-state index contributed by atoms with van der Waals surface area (Å²) >= 11 is 29.9. The number of nitrogens with one attached hydrogen (secondary N) is 5. The fraction of sp³-hybridized carbons (Fsp3) is 0.466. The minimum Gasteiger partial charge on any atom is -0.465 e. The van der Waals surface area contributed by atoms with Gasteiger partial charge in [-0.25, -0.2) is 44.9 Å². The Balaban J connectivity index is 0.000000182. The van der Waals surface area contributed by atoms with Crippen molar-refractivity contribution < 1.29 is 51.1 Å². The predicted molar refractivity (Wildman–Crippen MR) is 612 cm³/mol. The van der Waals surface area contributed by atoms with Crippen LogP contribution in [0.3, 0.4) is 0 Å². The number of carbonyl (C=O) groups is 4. The molecule has 0 radical (unpaired) electrons. The van der Waals surface area contributed by atoms with Crippen molar-refractivity contribution in [3.8, 4) is 0 Å². The third kappa shape index (κ3) is 41.1. The SMILES string of the molecule is C.C=CC(=O)Cl.CC(C)(C)c1ccc(CSc2cnc(Br)s2)o1.CC(C)(C)c1cnc(CSc2cnc(NC3CCCC3)s2)o1.CC(C)(C)c1cnc(CSc2cnc(N[C@@H]3CCN(C(=O)c4ccc(N)cc4)C3)s2)o1.CC(C)(C)c1cnc(CSc2cnc(N[C@@H]3CCN(C(=O)c4ccc([N+](=O)[O-])cc4)C3)s2)o1.CC(C)(C)c1cnc(CSc2cnc(N[C@@H]3CCNC3)s2)o1.NC1CCCC1.O=C(Cl)c1ccc([N+](=O)[O-])cc1. The second-order valence-corrected chi connectivity index (χ2v) is 53.6. The van der Waals surface area contributed by atoms with Crippen LogP contribution in [0, 0.1) is 20.2 Å². The number of rotatable bonds is 29. The fourth-order valence-electron chi connectivity index (χ4n) is 14.4. The average Bonchev–Trinajstić information content (AvgIpc) is 1.68. The highest BCUT2D eigenvalue weighted by Crippen LogP contribution is 2.40. The van der Waals surface area contributed by atoms with E-state index in [1.165, 1.54) is 113 Å². The number of nitro benzene ring substituents is 2. The predicted octanol–water partition coefficient (Wildman–Crippen LogP) is 27.7. The molecular weight excluding hydrogens is 2200 g/mol. The number of thioether (sulfide) groups is 5. The van der Waals surface area contributed by atoms with E-state index in [0.717, 1.165) is 147 Å². The van der Waals surface area contributed by atoms with E-state index in [2.05, 4.69) is 210 Å². The van der Waals surface area contributed by atoms with Crippen molar-refractivity contribution in [2.24, 2.45) is 5.73 Å². The van der Waals surface area contributed by atoms with Crippen LogP contribution >= 0.6 is 155 Å². The molecule has 10 aromatic heterocycles. The number of nitrogens with two attached hydrogens (primary N) is 2. The van der Waals surface area contributed by atoms with Crippen LogP contribution in [0.15, 0.2) is 200 Å². The monoisotopic (exact) mass is 2330 g/mol. The Labute approximate surface area is 930 Å². The zero-order chi connectivity index (χ0) is 107. The van der Waals surface area contributed by atoms with Crippen molar-refractivity contribution in [3.05, 3.63) is 252 Å². The molecule has 13 heterocycles. The van der Waals surface area contributed by atoms with E-state index >= 15 is 0 Å². The molecule has 149 heavy (non-hydrogen) atoms. The summed E-state index contributed by atoms with van der Waals surface area (Å²) in [6.07, 6.45) is 31.1. The summed E-state index contributed by atoms with van der Waals surface area (Å²) in [5.41, 5.74) is 13.2. The summed E-state index contributed by atoms with van der Waals surface area (Å²) in [5, 5.41) is 40.8. The first-order valence-corrected chi connectivity index (χ1v) is 58.7. The van der Waals surface area contributed by atoms with Crippen molar-refractivity contribution in [1.82, 2.24) is 60.0 Å². The van der Waals surface area contributed by atoms with Gasteiger partial charge < -0.3 is 69.9 Å². The number of anilines is 5. The number of hydrogen-bond donors (Lipinski definition) is 7. The Kier molecular flexibility index (Phi) is 47.2. The first kappa shape index (κ1) is 121. The molecule has 2 aliphatic carbocycles. The zero-order valence-corrected chi connectivity index (χ0v) is 96.8. The van der Waals surface area contributed by atoms with Crippen LogP contribution in [0.2, 0.25) is 0 Å². The van der Waals surface area contributed by atoms with Gasteiger partial charge in [-0.2, -0.15) is 0 Å². The number of amides is 2. The highest BCUT2D eigenvalue weighted by atomic mass is 79.9. The van der Waals surface area contributed by atoms with Gasteiger partial charge in [0, 0.05) is 137 Å². The Morgan fingerprint density at radius 3 is 1.07 bits per heavy atom. The van der Waals surface area contributed by atoms with E-state index in [1.54, 1.807) is 151 Å². The summed E-state index contributed by atoms with van der Waals surface area (Å²) in [6, 6.07) is 24.0. The number of hydrogen-bond acceptors (Lipinski definition) is 39. The molecule has 0 spiro atoms. The highest BCUT2D eigenvalue weighted by Gasteiger charge is 2.32. The van der Waals surface area contributed by atoms with Crippen LogP contribution in [-0.4, -0.2) is 156 Å². The third-order valence-electron chi connectivity index (χ3n) is 22.7. The molecule has 0 unspecified atom stereocenters. The van der Waals surface area contributed by atoms with Gasteiger partial charge in [0.1, 0.15) is 34.6 Å². The average molecular weight is 2330 g/mol. The molecule has 13 aromatic rings. The van der Waals surface area contributed by atoms with Crippen LogP contribution in [0.1, 0.15) is 271 Å². The molecule has 3 saturated heterocycles. The van der Waals surface area contributed by atoms with Gasteiger partial charge >= 0.3 is 0 Å². The van der Waals surface area contributed by atoms with Gasteiger partial charge in [-0.1, -0.05) is 189 Å². The van der Waals surface area contributed by atoms with Crippen molar-refractivity contribution in [2.45, 2.75) is 289 Å². The maximum Gasteiger partial charge on any atom is 0.269 e. The number of nitro groups is 2. The highest BCUT2D eigenvalue weighted by molar-refractivity contribution is 9.11. The Morgan fingerprint density at radius 1 is 0.443 bits per heavy atom. The Morgan fingerprint density at radius 2 is 0.772 bits per heavy atom. The van der Waals surface area contributed by atoms with Gasteiger partial charge in [-0.15, -0.1) is 70.1 Å². The standard InChI is InChI=1S/C22H25N5O4S2.C22H27N5O2S2.C16H23N3OS2.C15H22N4OS2.C12H14BrNOS2.C7H4ClNO3.C5H11N.C3H3ClO.CH4/c1-22(2,3)17-10-23-18(31-17)13-32-19-11-24-21(33-19)25-15-8-9-26(12-15)20(28)14-4-6-16(7-5-14)27(29)30;1-22(2,3)17-10-24-18(29-17)13-30-19-11-25-21(31-19)26-16-8-9-27(12-16)20(28)14-4-6-15(23)7-5-14;1-16(2,3)12-8-17-13(20-12)10-21-14-9-18-15(22-14)19-11-6-4-5-7-11;1-15(2,3)11-7-17-12(20-11)9-21-13-8-18-14(22-13)19-10-4-5-16-6-10;1-12(2,3)9-5-4-8(15-9)7-16-10-6-14-11(13)17-10;8-7(10)5-1-3-6(4-2-5)9(11)12;6-5-3-1-2-4-5;1-2-3(4)5;/h4-7,10-11,15H,8-9,12-13H2,1-3H3,(H,24,25);4-7,10-11,16H,8-9,12-13,23H2,1-3H3,(H,25,26);8-9,11H,4-7,10H2,1-3H3,(H,18,19);7-8,10,16H,4-6,9H2,1-3H3,(H,18,19);4-6H,7H2,1-3H3;1-4H;5H,1-4,6H2;2H,1H2;1H4/t15-;16-;;10-;;;;;/m11.1...../s1. The molecule has 2 saturated carbocycles. The number of carbonyl (C=O) groups excluding carboxylic acids is 4. The third-order valence-corrected chi connectivity index (χ3v) is 34.2. The van der Waals surface area contributed by atoms with Crippen molar-refractivity contribution in [2.75, 3.05) is 66.3 Å². The Bertz CT molecular complexity index is 6230. The maximum atomic E-state index is 12.7. The van der Waals surface area contributed by atoms with Crippen LogP contribution in [-0.2, 0) is 60.6 Å². The van der Waals surface area contributed by atoms with Crippen molar-refractivity contribution in [1.29, 1.82) is 0 Å². The first-order valence-electron chi connectivity index (χ1n) is 48.2. The van der Waals surface area contributed by atoms with Crippen molar-refractivity contribution in [3.63, 3.8) is 0 Å². The molecule has 5 fully saturated rings. The first-order chi connectivity index (χ1) is 70.2. The summed E-state index contributed by atoms with van der Waals surface area (Å²) in [6.45, 7) is 39.6. The lowest BCUT2D eigenvalue weighted by atomic mass is 9.94. The van der Waals surface area contributed by atoms with Crippen LogP contribution in [0.4, 0.5) is 37.6 Å². The van der Waals surface area contributed by atoms with Gasteiger partial charge in [0.05, 0.1) is 115 Å². The van der Waals surface area contributed by atoms with E-state index < -0.39 is 20.3 Å². The summed E-state index contributed by atoms with van der Waals surface area (Å²) in [4.78, 5) is 108. The van der Waals surface area contributed by atoms with Gasteiger partial charge in [0.25, 0.3) is 28.4 Å². The maximum absolute atomic E-state index is 12.7. The number of nitrogens with zero attached hydrogens (tertiary/aromatic N) is 13. The second kappa shape index (κ2) is 58.0.